The zero-order valence-electron chi connectivity index (χ0n) is 12.6. The van der Waals surface area contributed by atoms with E-state index in [0.29, 0.717) is 26.4 Å². The predicted molar refractivity (Wildman–Crippen MR) is 77.3 cm³/mol. The summed E-state index contributed by atoms with van der Waals surface area (Å²) >= 11 is 0. The third-order valence-corrected chi connectivity index (χ3v) is 3.90. The number of methoxy groups -OCH3 is 1. The van der Waals surface area contributed by atoms with Gasteiger partial charge in [0.05, 0.1) is 25.9 Å². The van der Waals surface area contributed by atoms with Crippen molar-refractivity contribution in [3.63, 3.8) is 0 Å². The Hall–Kier alpha value is -0.160. The summed E-state index contributed by atoms with van der Waals surface area (Å²) in [5, 5.41) is 13.0. The van der Waals surface area contributed by atoms with Crippen molar-refractivity contribution in [1.82, 2.24) is 5.32 Å². The first-order valence-electron chi connectivity index (χ1n) is 7.67. The molecule has 1 fully saturated rings. The van der Waals surface area contributed by atoms with Crippen molar-refractivity contribution < 1.29 is 14.6 Å². The molecule has 0 bridgehead atoms. The van der Waals surface area contributed by atoms with Gasteiger partial charge >= 0.3 is 0 Å². The quantitative estimate of drug-likeness (QED) is 0.596. The molecule has 4 heteroatoms. The average molecular weight is 273 g/mol. The van der Waals surface area contributed by atoms with Gasteiger partial charge in [0.1, 0.15) is 0 Å². The average Bonchev–Trinajstić information content (AvgIpc) is 2.40. The summed E-state index contributed by atoms with van der Waals surface area (Å²) in [4.78, 5) is 0. The molecule has 114 valence electrons. The smallest absolute Gasteiger partial charge is 0.0897 e. The van der Waals surface area contributed by atoms with Crippen molar-refractivity contribution in [3.05, 3.63) is 0 Å². The van der Waals surface area contributed by atoms with E-state index < -0.39 is 6.10 Å². The minimum Gasteiger partial charge on any atom is -0.389 e. The summed E-state index contributed by atoms with van der Waals surface area (Å²) in [6, 6.07) is 0. The Bertz CT molecular complexity index is 214. The lowest BCUT2D eigenvalue weighted by Crippen LogP contribution is -2.32. The largest absolute Gasteiger partial charge is 0.389 e. The molecule has 0 saturated heterocycles. The molecule has 4 nitrogen and oxygen atoms in total. The maximum absolute atomic E-state index is 9.70. The molecule has 1 rings (SSSR count). The second-order valence-corrected chi connectivity index (χ2v) is 5.85. The van der Waals surface area contributed by atoms with E-state index in [1.165, 1.54) is 32.1 Å². The lowest BCUT2D eigenvalue weighted by atomic mass is 9.81. The van der Waals surface area contributed by atoms with Crippen LogP contribution >= 0.6 is 0 Å². The zero-order valence-corrected chi connectivity index (χ0v) is 12.6. The van der Waals surface area contributed by atoms with Crippen LogP contribution in [0.15, 0.2) is 0 Å². The molecule has 3 unspecified atom stereocenters. The lowest BCUT2D eigenvalue weighted by Gasteiger charge is -2.26. The van der Waals surface area contributed by atoms with Gasteiger partial charge in [0.25, 0.3) is 0 Å². The molecular formula is C15H31NO3. The highest BCUT2D eigenvalue weighted by Gasteiger charge is 2.18. The molecule has 19 heavy (non-hydrogen) atoms. The van der Waals surface area contributed by atoms with Gasteiger partial charge in [-0.15, -0.1) is 0 Å². The van der Waals surface area contributed by atoms with E-state index in [2.05, 4.69) is 12.2 Å². The standard InChI is InChI=1S/C15H31NO3/c1-13-4-3-5-14(10-13)6-7-16-11-15(17)12-19-9-8-18-2/h13-17H,3-12H2,1-2H3. The first-order chi connectivity index (χ1) is 9.22. The Morgan fingerprint density at radius 3 is 2.89 bits per heavy atom. The Morgan fingerprint density at radius 1 is 1.32 bits per heavy atom. The van der Waals surface area contributed by atoms with Crippen LogP contribution < -0.4 is 5.32 Å². The summed E-state index contributed by atoms with van der Waals surface area (Å²) in [7, 11) is 1.65. The van der Waals surface area contributed by atoms with Gasteiger partial charge in [-0.3, -0.25) is 0 Å². The number of hydrogen-bond acceptors (Lipinski definition) is 4. The molecule has 0 aromatic carbocycles. The maximum atomic E-state index is 9.70. The van der Waals surface area contributed by atoms with Gasteiger partial charge in [-0.05, 0) is 31.2 Å². The topological polar surface area (TPSA) is 50.7 Å². The number of aliphatic hydroxyl groups is 1. The highest BCUT2D eigenvalue weighted by atomic mass is 16.5. The summed E-state index contributed by atoms with van der Waals surface area (Å²) in [6.07, 6.45) is 6.38. The monoisotopic (exact) mass is 273 g/mol. The van der Waals surface area contributed by atoms with Crippen molar-refractivity contribution in [2.45, 2.75) is 45.1 Å². The van der Waals surface area contributed by atoms with Crippen LogP contribution in [-0.4, -0.2) is 51.2 Å². The highest BCUT2D eigenvalue weighted by Crippen LogP contribution is 2.30. The summed E-state index contributed by atoms with van der Waals surface area (Å²) in [5.41, 5.74) is 0. The van der Waals surface area contributed by atoms with E-state index in [9.17, 15) is 5.11 Å². The molecule has 2 N–H and O–H groups in total. The highest BCUT2D eigenvalue weighted by molar-refractivity contribution is 4.71. The lowest BCUT2D eigenvalue weighted by molar-refractivity contribution is 0.0137. The van der Waals surface area contributed by atoms with E-state index in [-0.39, 0.29) is 0 Å². The van der Waals surface area contributed by atoms with Crippen molar-refractivity contribution in [1.29, 1.82) is 0 Å². The van der Waals surface area contributed by atoms with Crippen LogP contribution in [0.25, 0.3) is 0 Å². The molecule has 1 aliphatic rings. The van der Waals surface area contributed by atoms with E-state index in [4.69, 9.17) is 9.47 Å². The number of aliphatic hydroxyl groups excluding tert-OH is 1. The minimum atomic E-state index is -0.415. The minimum absolute atomic E-state index is 0.386. The van der Waals surface area contributed by atoms with Gasteiger partial charge in [-0.1, -0.05) is 26.2 Å². The van der Waals surface area contributed by atoms with Crippen LogP contribution in [0.4, 0.5) is 0 Å². The van der Waals surface area contributed by atoms with Gasteiger partial charge in [0.2, 0.25) is 0 Å². The van der Waals surface area contributed by atoms with Crippen LogP contribution in [-0.2, 0) is 9.47 Å². The molecule has 1 aliphatic carbocycles. The van der Waals surface area contributed by atoms with Crippen LogP contribution in [0.5, 0.6) is 0 Å². The molecule has 0 heterocycles. The summed E-state index contributed by atoms with van der Waals surface area (Å²) < 4.78 is 10.2. The molecule has 0 aromatic heterocycles. The second kappa shape index (κ2) is 10.6. The van der Waals surface area contributed by atoms with Gasteiger partial charge in [-0.2, -0.15) is 0 Å². The Labute approximate surface area is 117 Å². The fourth-order valence-corrected chi connectivity index (χ4v) is 2.82. The fourth-order valence-electron chi connectivity index (χ4n) is 2.82. The normalized spacial score (nSPS) is 25.4. The molecule has 0 aromatic rings. The van der Waals surface area contributed by atoms with Crippen LogP contribution in [0.2, 0.25) is 0 Å². The van der Waals surface area contributed by atoms with E-state index in [0.717, 1.165) is 18.4 Å². The first-order valence-corrected chi connectivity index (χ1v) is 7.67. The van der Waals surface area contributed by atoms with Crippen molar-refractivity contribution in [3.8, 4) is 0 Å². The molecule has 0 radical (unpaired) electrons. The van der Waals surface area contributed by atoms with Crippen LogP contribution in [0.3, 0.4) is 0 Å². The SMILES string of the molecule is COCCOCC(O)CNCCC1CCCC(C)C1. The van der Waals surface area contributed by atoms with Gasteiger partial charge < -0.3 is 19.9 Å². The Kier molecular flexibility index (Phi) is 9.43. The number of rotatable bonds is 10. The number of ether oxygens (including phenoxy) is 2. The molecule has 0 spiro atoms. The zero-order chi connectivity index (χ0) is 13.9. The summed E-state index contributed by atoms with van der Waals surface area (Å²) in [5.74, 6) is 1.78. The molecule has 0 amide bonds. The van der Waals surface area contributed by atoms with Crippen LogP contribution in [0.1, 0.15) is 39.0 Å². The second-order valence-electron chi connectivity index (χ2n) is 5.85. The van der Waals surface area contributed by atoms with Crippen molar-refractivity contribution in [2.75, 3.05) is 40.0 Å². The Morgan fingerprint density at radius 2 is 2.16 bits per heavy atom. The molecule has 1 saturated carbocycles. The molecule has 3 atom stereocenters. The number of hydrogen-bond donors (Lipinski definition) is 2. The maximum Gasteiger partial charge on any atom is 0.0897 e. The van der Waals surface area contributed by atoms with E-state index in [1.54, 1.807) is 7.11 Å². The first kappa shape index (κ1) is 16.9. The van der Waals surface area contributed by atoms with Gasteiger partial charge in [0, 0.05) is 13.7 Å². The van der Waals surface area contributed by atoms with Crippen molar-refractivity contribution >= 4 is 0 Å². The van der Waals surface area contributed by atoms with Gasteiger partial charge in [-0.25, -0.2) is 0 Å². The third-order valence-electron chi connectivity index (χ3n) is 3.90. The molecule has 0 aliphatic heterocycles. The van der Waals surface area contributed by atoms with E-state index >= 15 is 0 Å². The third kappa shape index (κ3) is 8.58. The van der Waals surface area contributed by atoms with Gasteiger partial charge in [0.15, 0.2) is 0 Å². The van der Waals surface area contributed by atoms with Crippen molar-refractivity contribution in [2.24, 2.45) is 11.8 Å². The Balaban J connectivity index is 1.91. The molecular weight excluding hydrogens is 242 g/mol. The summed E-state index contributed by atoms with van der Waals surface area (Å²) in [6.45, 7) is 5.51. The van der Waals surface area contributed by atoms with E-state index in [1.807, 2.05) is 0 Å². The predicted octanol–water partition coefficient (Wildman–Crippen LogP) is 1.82. The van der Waals surface area contributed by atoms with Crippen LogP contribution in [0, 0.1) is 11.8 Å². The number of nitrogens with one attached hydrogen (secondary N) is 1. The fraction of sp³-hybridized carbons (Fsp3) is 1.00.